The second-order valence-corrected chi connectivity index (χ2v) is 4.37. The molecular weight excluding hydrogens is 216 g/mol. The topological polar surface area (TPSA) is 35.8 Å². The quantitative estimate of drug-likeness (QED) is 0.801. The second kappa shape index (κ2) is 4.79. The molecule has 1 aliphatic rings. The summed E-state index contributed by atoms with van der Waals surface area (Å²) in [5.74, 6) is 0. The van der Waals surface area contributed by atoms with E-state index in [-0.39, 0.29) is 17.8 Å². The molecule has 4 heteroatoms. The first-order chi connectivity index (χ1) is 6.37. The van der Waals surface area contributed by atoms with Crippen molar-refractivity contribution in [1.29, 1.82) is 5.26 Å². The molecule has 0 aliphatic carbocycles. The zero-order valence-electron chi connectivity index (χ0n) is 7.82. The number of nitrogens with zero attached hydrogens (tertiary/aromatic N) is 1. The Morgan fingerprint density at radius 2 is 2.14 bits per heavy atom. The fourth-order valence-corrected chi connectivity index (χ4v) is 2.75. The predicted molar refractivity (Wildman–Crippen MR) is 61.0 cm³/mol. The van der Waals surface area contributed by atoms with Gasteiger partial charge in [0.15, 0.2) is 0 Å². The lowest BCUT2D eigenvalue weighted by Gasteiger charge is -2.30. The monoisotopic (exact) mass is 228 g/mol. The molecule has 76 valence electrons. The minimum atomic E-state index is -0.195. The van der Waals surface area contributed by atoms with Crippen LogP contribution in [0.4, 0.5) is 0 Å². The van der Waals surface area contributed by atoms with E-state index in [4.69, 9.17) is 0 Å². The number of hydrogen-bond donors (Lipinski definition) is 1. The van der Waals surface area contributed by atoms with Crippen LogP contribution in [0.5, 0.6) is 0 Å². The minimum absolute atomic E-state index is 0. The molecule has 1 aromatic rings. The third-order valence-electron chi connectivity index (χ3n) is 2.66. The van der Waals surface area contributed by atoms with Crippen LogP contribution in [0.15, 0.2) is 17.5 Å². The van der Waals surface area contributed by atoms with E-state index in [1.54, 1.807) is 11.3 Å². The van der Waals surface area contributed by atoms with Gasteiger partial charge in [0, 0.05) is 4.88 Å². The van der Waals surface area contributed by atoms with Crippen LogP contribution in [0.25, 0.3) is 0 Å². The molecular formula is C10H13ClN2S. The van der Waals surface area contributed by atoms with Crippen LogP contribution < -0.4 is 5.32 Å². The standard InChI is InChI=1S/C10H12N2S.ClH/c11-8-10(3-5-12-6-4-10)9-2-1-7-13-9;/h1-2,7,12H,3-6H2;1H. The highest BCUT2D eigenvalue weighted by molar-refractivity contribution is 7.10. The molecule has 2 heterocycles. The average Bonchev–Trinajstić information content (AvgIpc) is 2.72. The van der Waals surface area contributed by atoms with E-state index in [0.29, 0.717) is 0 Å². The van der Waals surface area contributed by atoms with Gasteiger partial charge in [-0.15, -0.1) is 23.7 Å². The van der Waals surface area contributed by atoms with Crippen molar-refractivity contribution in [3.05, 3.63) is 22.4 Å². The first-order valence-corrected chi connectivity index (χ1v) is 5.41. The van der Waals surface area contributed by atoms with Crippen LogP contribution in [0.2, 0.25) is 0 Å². The molecule has 1 saturated heterocycles. The number of nitriles is 1. The maximum Gasteiger partial charge on any atom is 0.0938 e. The van der Waals surface area contributed by atoms with Crippen LogP contribution in [0, 0.1) is 11.3 Å². The molecule has 1 N–H and O–H groups in total. The van der Waals surface area contributed by atoms with Crippen molar-refractivity contribution in [1.82, 2.24) is 5.32 Å². The Balaban J connectivity index is 0.000000980. The van der Waals surface area contributed by atoms with Gasteiger partial charge in [0.05, 0.1) is 11.5 Å². The first-order valence-electron chi connectivity index (χ1n) is 4.53. The van der Waals surface area contributed by atoms with Crippen molar-refractivity contribution in [3.8, 4) is 6.07 Å². The first kappa shape index (κ1) is 11.5. The van der Waals surface area contributed by atoms with E-state index in [9.17, 15) is 5.26 Å². The number of nitrogens with one attached hydrogen (secondary N) is 1. The van der Waals surface area contributed by atoms with E-state index in [1.165, 1.54) is 4.88 Å². The van der Waals surface area contributed by atoms with Gasteiger partial charge < -0.3 is 5.32 Å². The zero-order chi connectivity index (χ0) is 9.15. The molecule has 0 spiro atoms. The van der Waals surface area contributed by atoms with Gasteiger partial charge in [0.25, 0.3) is 0 Å². The molecule has 2 nitrogen and oxygen atoms in total. The Kier molecular flexibility index (Phi) is 3.94. The molecule has 0 bridgehead atoms. The maximum atomic E-state index is 9.24. The molecule has 0 radical (unpaired) electrons. The van der Waals surface area contributed by atoms with E-state index in [2.05, 4.69) is 22.8 Å². The molecule has 1 aliphatic heterocycles. The SMILES string of the molecule is Cl.N#CC1(c2cccs2)CCNCC1. The van der Waals surface area contributed by atoms with Crippen molar-refractivity contribution in [2.24, 2.45) is 0 Å². The summed E-state index contributed by atoms with van der Waals surface area (Å²) >= 11 is 1.70. The van der Waals surface area contributed by atoms with Gasteiger partial charge in [-0.05, 0) is 37.4 Å². The van der Waals surface area contributed by atoms with Gasteiger partial charge in [-0.1, -0.05) is 6.07 Å². The number of rotatable bonds is 1. The molecule has 0 amide bonds. The lowest BCUT2D eigenvalue weighted by atomic mass is 9.79. The minimum Gasteiger partial charge on any atom is -0.317 e. The molecule has 1 fully saturated rings. The largest absolute Gasteiger partial charge is 0.317 e. The van der Waals surface area contributed by atoms with Gasteiger partial charge in [0.1, 0.15) is 0 Å². The van der Waals surface area contributed by atoms with E-state index in [1.807, 2.05) is 6.07 Å². The molecule has 0 saturated carbocycles. The Labute approximate surface area is 94.4 Å². The lowest BCUT2D eigenvalue weighted by Crippen LogP contribution is -2.38. The molecule has 0 unspecified atom stereocenters. The van der Waals surface area contributed by atoms with Gasteiger partial charge in [0.2, 0.25) is 0 Å². The Bertz CT molecular complexity index is 309. The lowest BCUT2D eigenvalue weighted by molar-refractivity contribution is 0.388. The summed E-state index contributed by atoms with van der Waals surface area (Å²) in [6, 6.07) is 6.60. The molecule has 2 rings (SSSR count). The fourth-order valence-electron chi connectivity index (χ4n) is 1.82. The van der Waals surface area contributed by atoms with Crippen molar-refractivity contribution in [3.63, 3.8) is 0 Å². The number of thiophene rings is 1. The van der Waals surface area contributed by atoms with Crippen molar-refractivity contribution < 1.29 is 0 Å². The van der Waals surface area contributed by atoms with Crippen molar-refractivity contribution in [2.75, 3.05) is 13.1 Å². The van der Waals surface area contributed by atoms with E-state index in [0.717, 1.165) is 25.9 Å². The maximum absolute atomic E-state index is 9.24. The third-order valence-corrected chi connectivity index (χ3v) is 3.74. The van der Waals surface area contributed by atoms with Crippen LogP contribution in [0.3, 0.4) is 0 Å². The summed E-state index contributed by atoms with van der Waals surface area (Å²) in [6.07, 6.45) is 1.90. The van der Waals surface area contributed by atoms with Crippen LogP contribution >= 0.6 is 23.7 Å². The molecule has 14 heavy (non-hydrogen) atoms. The van der Waals surface area contributed by atoms with Crippen molar-refractivity contribution >= 4 is 23.7 Å². The van der Waals surface area contributed by atoms with Crippen molar-refractivity contribution in [2.45, 2.75) is 18.3 Å². The fraction of sp³-hybridized carbons (Fsp3) is 0.500. The summed E-state index contributed by atoms with van der Waals surface area (Å²) in [5, 5.41) is 14.6. The van der Waals surface area contributed by atoms with Crippen LogP contribution in [-0.4, -0.2) is 13.1 Å². The predicted octanol–water partition coefficient (Wildman–Crippen LogP) is 2.31. The highest BCUT2D eigenvalue weighted by atomic mass is 35.5. The number of hydrogen-bond acceptors (Lipinski definition) is 3. The zero-order valence-corrected chi connectivity index (χ0v) is 9.46. The van der Waals surface area contributed by atoms with E-state index >= 15 is 0 Å². The summed E-state index contributed by atoms with van der Waals surface area (Å²) in [5.41, 5.74) is -0.195. The number of halogens is 1. The van der Waals surface area contributed by atoms with Gasteiger partial charge in [-0.2, -0.15) is 5.26 Å². The Morgan fingerprint density at radius 1 is 1.43 bits per heavy atom. The highest BCUT2D eigenvalue weighted by Crippen LogP contribution is 2.35. The molecule has 0 aromatic carbocycles. The highest BCUT2D eigenvalue weighted by Gasteiger charge is 2.34. The third kappa shape index (κ3) is 1.93. The van der Waals surface area contributed by atoms with E-state index < -0.39 is 0 Å². The molecule has 1 aromatic heterocycles. The smallest absolute Gasteiger partial charge is 0.0938 e. The number of piperidine rings is 1. The normalized spacial score (nSPS) is 19.4. The van der Waals surface area contributed by atoms with Gasteiger partial charge in [-0.3, -0.25) is 0 Å². The summed E-state index contributed by atoms with van der Waals surface area (Å²) in [6.45, 7) is 1.93. The summed E-state index contributed by atoms with van der Waals surface area (Å²) in [7, 11) is 0. The van der Waals surface area contributed by atoms with Gasteiger partial charge >= 0.3 is 0 Å². The Hall–Kier alpha value is -0.560. The van der Waals surface area contributed by atoms with Gasteiger partial charge in [-0.25, -0.2) is 0 Å². The summed E-state index contributed by atoms with van der Waals surface area (Å²) < 4.78 is 0. The second-order valence-electron chi connectivity index (χ2n) is 3.42. The summed E-state index contributed by atoms with van der Waals surface area (Å²) in [4.78, 5) is 1.23. The average molecular weight is 229 g/mol. The Morgan fingerprint density at radius 3 is 2.64 bits per heavy atom. The van der Waals surface area contributed by atoms with Crippen LogP contribution in [-0.2, 0) is 5.41 Å². The molecule has 0 atom stereocenters. The van der Waals surface area contributed by atoms with Crippen LogP contribution in [0.1, 0.15) is 17.7 Å².